The van der Waals surface area contributed by atoms with Crippen LogP contribution in [0, 0.1) is 0 Å². The molecule has 24 heavy (non-hydrogen) atoms. The number of ether oxygens (including phenoxy) is 2. The summed E-state index contributed by atoms with van der Waals surface area (Å²) in [5.41, 5.74) is 0.686. The molecule has 128 valence electrons. The third-order valence-electron chi connectivity index (χ3n) is 3.41. The molecule has 1 heterocycles. The van der Waals surface area contributed by atoms with Crippen LogP contribution in [0.3, 0.4) is 0 Å². The molecule has 0 spiro atoms. The van der Waals surface area contributed by atoms with Gasteiger partial charge in [0.25, 0.3) is 0 Å². The van der Waals surface area contributed by atoms with Crippen LogP contribution in [0.5, 0.6) is 5.75 Å². The highest BCUT2D eigenvalue weighted by molar-refractivity contribution is 7.10. The molecule has 1 aromatic carbocycles. The molecule has 0 saturated carbocycles. The first-order valence-electron chi connectivity index (χ1n) is 7.25. The summed E-state index contributed by atoms with van der Waals surface area (Å²) in [5, 5.41) is 5.30. The summed E-state index contributed by atoms with van der Waals surface area (Å²) in [7, 11) is 2.86. The second-order valence-corrected chi connectivity index (χ2v) is 6.46. The Hall–Kier alpha value is -2.05. The highest BCUT2D eigenvalue weighted by atomic mass is 35.5. The van der Waals surface area contributed by atoms with Crippen LogP contribution >= 0.6 is 22.9 Å². The van der Waals surface area contributed by atoms with E-state index in [0.29, 0.717) is 16.3 Å². The van der Waals surface area contributed by atoms with Crippen molar-refractivity contribution >= 4 is 34.8 Å². The highest BCUT2D eigenvalue weighted by Crippen LogP contribution is 2.25. The van der Waals surface area contributed by atoms with Crippen molar-refractivity contribution in [3.05, 3.63) is 51.2 Å². The first kappa shape index (κ1) is 18.3. The summed E-state index contributed by atoms with van der Waals surface area (Å²) in [6.45, 7) is 0. The van der Waals surface area contributed by atoms with Gasteiger partial charge in [-0.2, -0.15) is 0 Å². The Morgan fingerprint density at radius 3 is 2.71 bits per heavy atom. The van der Waals surface area contributed by atoms with E-state index in [-0.39, 0.29) is 24.7 Å². The Balaban J connectivity index is 2.10. The third kappa shape index (κ3) is 4.97. The fourth-order valence-corrected chi connectivity index (χ4v) is 3.24. The molecular weight excluding hydrogens is 350 g/mol. The molecule has 0 aliphatic rings. The van der Waals surface area contributed by atoms with Gasteiger partial charge in [-0.05, 0) is 29.6 Å². The molecule has 0 aliphatic heterocycles. The number of rotatable bonds is 7. The van der Waals surface area contributed by atoms with E-state index in [1.807, 2.05) is 17.5 Å². The molecule has 7 heteroatoms. The quantitative estimate of drug-likeness (QED) is 0.762. The van der Waals surface area contributed by atoms with Gasteiger partial charge in [0.2, 0.25) is 5.91 Å². The summed E-state index contributed by atoms with van der Waals surface area (Å²) in [6.07, 6.45) is 0.183. The lowest BCUT2D eigenvalue weighted by molar-refractivity contribution is -0.141. The summed E-state index contributed by atoms with van der Waals surface area (Å²) >= 11 is 7.46. The smallest absolute Gasteiger partial charge is 0.307 e. The van der Waals surface area contributed by atoms with Crippen LogP contribution in [-0.4, -0.2) is 26.1 Å². The van der Waals surface area contributed by atoms with Crippen LogP contribution in [0.15, 0.2) is 35.7 Å². The first-order valence-corrected chi connectivity index (χ1v) is 8.51. The first-order chi connectivity index (χ1) is 11.5. The van der Waals surface area contributed by atoms with Crippen molar-refractivity contribution in [2.75, 3.05) is 14.2 Å². The van der Waals surface area contributed by atoms with E-state index >= 15 is 0 Å². The Labute approximate surface area is 149 Å². The van der Waals surface area contributed by atoms with Crippen LogP contribution < -0.4 is 10.1 Å². The van der Waals surface area contributed by atoms with E-state index in [1.165, 1.54) is 25.6 Å². The van der Waals surface area contributed by atoms with E-state index in [9.17, 15) is 9.59 Å². The number of hydrogen-bond donors (Lipinski definition) is 1. The normalized spacial score (nSPS) is 11.6. The maximum atomic E-state index is 12.4. The van der Waals surface area contributed by atoms with Crippen LogP contribution in [-0.2, 0) is 20.7 Å². The van der Waals surface area contributed by atoms with E-state index in [0.717, 1.165) is 4.88 Å². The maximum absolute atomic E-state index is 12.4. The minimum Gasteiger partial charge on any atom is -0.496 e. The Morgan fingerprint density at radius 2 is 2.08 bits per heavy atom. The summed E-state index contributed by atoms with van der Waals surface area (Å²) in [6, 6.07) is 8.44. The zero-order valence-corrected chi connectivity index (χ0v) is 14.9. The molecule has 2 rings (SSSR count). The molecule has 1 N–H and O–H groups in total. The van der Waals surface area contributed by atoms with Crippen molar-refractivity contribution in [1.82, 2.24) is 5.32 Å². The fraction of sp³-hybridized carbons (Fsp3) is 0.294. The highest BCUT2D eigenvalue weighted by Gasteiger charge is 2.20. The number of halogens is 1. The zero-order chi connectivity index (χ0) is 17.5. The molecule has 0 bridgehead atoms. The molecule has 5 nitrogen and oxygen atoms in total. The Morgan fingerprint density at radius 1 is 1.29 bits per heavy atom. The largest absolute Gasteiger partial charge is 0.496 e. The molecule has 1 amide bonds. The predicted molar refractivity (Wildman–Crippen MR) is 93.5 cm³/mol. The van der Waals surface area contributed by atoms with Crippen LogP contribution in [0.4, 0.5) is 0 Å². The van der Waals surface area contributed by atoms with Gasteiger partial charge in [0, 0.05) is 15.5 Å². The Kier molecular flexibility index (Phi) is 6.63. The minimum atomic E-state index is -0.421. The van der Waals surface area contributed by atoms with Gasteiger partial charge in [0.05, 0.1) is 33.1 Å². The standard InChI is InChI=1S/C17H18ClNO4S/c1-22-14-6-5-12(18)8-11(14)9-16(20)19-13(10-17(21)23-2)15-4-3-7-24-15/h3-8,13H,9-10H2,1-2H3,(H,19,20). The molecule has 0 radical (unpaired) electrons. The lowest BCUT2D eigenvalue weighted by Gasteiger charge is -2.17. The van der Waals surface area contributed by atoms with E-state index in [1.54, 1.807) is 18.2 Å². The molecule has 1 unspecified atom stereocenters. The maximum Gasteiger partial charge on any atom is 0.307 e. The number of benzene rings is 1. The van der Waals surface area contributed by atoms with Gasteiger partial charge in [-0.15, -0.1) is 11.3 Å². The van der Waals surface area contributed by atoms with Crippen molar-refractivity contribution in [3.63, 3.8) is 0 Å². The molecule has 0 aliphatic carbocycles. The van der Waals surface area contributed by atoms with Gasteiger partial charge >= 0.3 is 5.97 Å². The molecular formula is C17H18ClNO4S. The second kappa shape index (κ2) is 8.70. The average molecular weight is 368 g/mol. The predicted octanol–water partition coefficient (Wildman–Crippen LogP) is 3.37. The van der Waals surface area contributed by atoms with Gasteiger partial charge in [-0.25, -0.2) is 0 Å². The van der Waals surface area contributed by atoms with Crippen LogP contribution in [0.2, 0.25) is 5.02 Å². The third-order valence-corrected chi connectivity index (χ3v) is 4.63. The van der Waals surface area contributed by atoms with E-state index < -0.39 is 6.04 Å². The molecule has 2 aromatic rings. The molecule has 0 saturated heterocycles. The number of thiophene rings is 1. The number of hydrogen-bond acceptors (Lipinski definition) is 5. The Bertz CT molecular complexity index is 703. The number of methoxy groups -OCH3 is 2. The van der Waals surface area contributed by atoms with Gasteiger partial charge in [-0.3, -0.25) is 9.59 Å². The zero-order valence-electron chi connectivity index (χ0n) is 13.4. The number of amides is 1. The minimum absolute atomic E-state index is 0.0788. The number of carbonyl (C=O) groups excluding carboxylic acids is 2. The summed E-state index contributed by atoms with van der Waals surface area (Å²) < 4.78 is 9.96. The van der Waals surface area contributed by atoms with Crippen molar-refractivity contribution in [1.29, 1.82) is 0 Å². The molecule has 1 aromatic heterocycles. The summed E-state index contributed by atoms with van der Waals surface area (Å²) in [4.78, 5) is 24.9. The fourth-order valence-electron chi connectivity index (χ4n) is 2.27. The van der Waals surface area contributed by atoms with Crippen molar-refractivity contribution < 1.29 is 19.1 Å². The van der Waals surface area contributed by atoms with Gasteiger partial charge < -0.3 is 14.8 Å². The van der Waals surface area contributed by atoms with Gasteiger partial charge in [0.15, 0.2) is 0 Å². The lowest BCUT2D eigenvalue weighted by Crippen LogP contribution is -2.31. The number of carbonyl (C=O) groups is 2. The van der Waals surface area contributed by atoms with Crippen LogP contribution in [0.25, 0.3) is 0 Å². The van der Waals surface area contributed by atoms with Crippen molar-refractivity contribution in [2.24, 2.45) is 0 Å². The molecule has 1 atom stereocenters. The van der Waals surface area contributed by atoms with E-state index in [2.05, 4.69) is 5.32 Å². The van der Waals surface area contributed by atoms with E-state index in [4.69, 9.17) is 21.1 Å². The van der Waals surface area contributed by atoms with Crippen LogP contribution in [0.1, 0.15) is 22.9 Å². The number of nitrogens with one attached hydrogen (secondary N) is 1. The average Bonchev–Trinajstić information content (AvgIpc) is 3.08. The SMILES string of the molecule is COC(=O)CC(NC(=O)Cc1cc(Cl)ccc1OC)c1cccs1. The van der Waals surface area contributed by atoms with Gasteiger partial charge in [0.1, 0.15) is 5.75 Å². The van der Waals surface area contributed by atoms with Crippen molar-refractivity contribution in [3.8, 4) is 5.75 Å². The van der Waals surface area contributed by atoms with Crippen molar-refractivity contribution in [2.45, 2.75) is 18.9 Å². The van der Waals surface area contributed by atoms with Gasteiger partial charge in [-0.1, -0.05) is 17.7 Å². The monoisotopic (exact) mass is 367 g/mol. The number of esters is 1. The molecule has 0 fully saturated rings. The lowest BCUT2D eigenvalue weighted by atomic mass is 10.1. The topological polar surface area (TPSA) is 64.6 Å². The summed E-state index contributed by atoms with van der Waals surface area (Å²) in [5.74, 6) is -0.0119. The second-order valence-electron chi connectivity index (χ2n) is 5.05.